The molecule has 2 N–H and O–H groups in total. The lowest BCUT2D eigenvalue weighted by Gasteiger charge is -2.41. The van der Waals surface area contributed by atoms with Crippen LogP contribution < -0.4 is 10.5 Å². The second-order valence-corrected chi connectivity index (χ2v) is 5.77. The van der Waals surface area contributed by atoms with Crippen molar-refractivity contribution in [1.82, 2.24) is 4.90 Å². The highest BCUT2D eigenvalue weighted by Gasteiger charge is 2.37. The summed E-state index contributed by atoms with van der Waals surface area (Å²) >= 11 is 0. The first-order valence-corrected chi connectivity index (χ1v) is 6.18. The Morgan fingerprint density at radius 3 is 2.33 bits per heavy atom. The highest BCUT2D eigenvalue weighted by Crippen LogP contribution is 2.24. The van der Waals surface area contributed by atoms with E-state index < -0.39 is 0 Å². The molecule has 0 radical (unpaired) electrons. The SMILES string of the molecule is CC(C)(C)C(=O)N1CC(Oc2ccc(N)cc2)C1. The zero-order chi connectivity index (χ0) is 13.3. The number of ether oxygens (including phenoxy) is 1. The van der Waals surface area contributed by atoms with Crippen LogP contribution in [0.4, 0.5) is 5.69 Å². The van der Waals surface area contributed by atoms with Crippen LogP contribution >= 0.6 is 0 Å². The van der Waals surface area contributed by atoms with Crippen molar-refractivity contribution >= 4 is 11.6 Å². The van der Waals surface area contributed by atoms with Crippen molar-refractivity contribution in [3.8, 4) is 5.75 Å². The van der Waals surface area contributed by atoms with Crippen LogP contribution in [0.1, 0.15) is 20.8 Å². The van der Waals surface area contributed by atoms with Gasteiger partial charge >= 0.3 is 0 Å². The lowest BCUT2D eigenvalue weighted by atomic mass is 9.93. The molecule has 18 heavy (non-hydrogen) atoms. The van der Waals surface area contributed by atoms with Gasteiger partial charge in [-0.15, -0.1) is 0 Å². The van der Waals surface area contributed by atoms with Crippen molar-refractivity contribution in [2.75, 3.05) is 18.8 Å². The molecular weight excluding hydrogens is 228 g/mol. The molecule has 4 nitrogen and oxygen atoms in total. The molecule has 1 aromatic carbocycles. The predicted octanol–water partition coefficient (Wildman–Crippen LogP) is 1.90. The lowest BCUT2D eigenvalue weighted by molar-refractivity contribution is -0.148. The van der Waals surface area contributed by atoms with Crippen LogP contribution in [0, 0.1) is 5.41 Å². The van der Waals surface area contributed by atoms with E-state index in [4.69, 9.17) is 10.5 Å². The number of rotatable bonds is 2. The van der Waals surface area contributed by atoms with Crippen molar-refractivity contribution in [2.24, 2.45) is 5.41 Å². The van der Waals surface area contributed by atoms with Gasteiger partial charge in [0.25, 0.3) is 0 Å². The molecular formula is C14H20N2O2. The molecule has 0 aromatic heterocycles. The van der Waals surface area contributed by atoms with Gasteiger partial charge in [0.2, 0.25) is 5.91 Å². The van der Waals surface area contributed by atoms with E-state index in [-0.39, 0.29) is 17.4 Å². The molecule has 1 aliphatic rings. The molecule has 2 rings (SSSR count). The maximum Gasteiger partial charge on any atom is 0.228 e. The third-order valence-electron chi connectivity index (χ3n) is 2.96. The van der Waals surface area contributed by atoms with Gasteiger partial charge in [0.05, 0.1) is 13.1 Å². The summed E-state index contributed by atoms with van der Waals surface area (Å²) in [6.45, 7) is 7.14. The fourth-order valence-corrected chi connectivity index (χ4v) is 1.89. The zero-order valence-electron chi connectivity index (χ0n) is 11.1. The number of likely N-dealkylation sites (tertiary alicyclic amines) is 1. The van der Waals surface area contributed by atoms with Gasteiger partial charge in [-0.2, -0.15) is 0 Å². The maximum absolute atomic E-state index is 11.9. The molecule has 1 amide bonds. The highest BCUT2D eigenvalue weighted by molar-refractivity contribution is 5.82. The van der Waals surface area contributed by atoms with Crippen LogP contribution in [-0.4, -0.2) is 30.0 Å². The maximum atomic E-state index is 11.9. The molecule has 0 bridgehead atoms. The molecule has 1 fully saturated rings. The minimum absolute atomic E-state index is 0.0972. The van der Waals surface area contributed by atoms with Crippen LogP contribution in [-0.2, 0) is 4.79 Å². The van der Waals surface area contributed by atoms with Crippen molar-refractivity contribution in [1.29, 1.82) is 0 Å². The fraction of sp³-hybridized carbons (Fsp3) is 0.500. The van der Waals surface area contributed by atoms with E-state index in [1.807, 2.05) is 49.9 Å². The Balaban J connectivity index is 1.83. The number of nitrogens with zero attached hydrogens (tertiary/aromatic N) is 1. The average molecular weight is 248 g/mol. The Bertz CT molecular complexity index is 428. The Morgan fingerprint density at radius 1 is 1.28 bits per heavy atom. The normalized spacial score (nSPS) is 16.3. The van der Waals surface area contributed by atoms with Crippen LogP contribution in [0.2, 0.25) is 0 Å². The van der Waals surface area contributed by atoms with E-state index in [9.17, 15) is 4.79 Å². The number of carbonyl (C=O) groups is 1. The molecule has 0 aliphatic carbocycles. The van der Waals surface area contributed by atoms with Gasteiger partial charge in [-0.25, -0.2) is 0 Å². The Morgan fingerprint density at radius 2 is 1.83 bits per heavy atom. The summed E-state index contributed by atoms with van der Waals surface area (Å²) in [5.41, 5.74) is 6.01. The topological polar surface area (TPSA) is 55.6 Å². The van der Waals surface area contributed by atoms with Gasteiger partial charge in [0, 0.05) is 11.1 Å². The molecule has 98 valence electrons. The van der Waals surface area contributed by atoms with Crippen LogP contribution in [0.5, 0.6) is 5.75 Å². The standard InChI is InChI=1S/C14H20N2O2/c1-14(2,3)13(17)16-8-12(9-16)18-11-6-4-10(15)5-7-11/h4-7,12H,8-9,15H2,1-3H3. The number of amides is 1. The first kappa shape index (κ1) is 12.7. The number of carbonyl (C=O) groups excluding carboxylic acids is 1. The van der Waals surface area contributed by atoms with Crippen molar-refractivity contribution < 1.29 is 9.53 Å². The Labute approximate surface area is 108 Å². The van der Waals surface area contributed by atoms with E-state index in [1.54, 1.807) is 0 Å². The second kappa shape index (κ2) is 4.52. The number of anilines is 1. The number of hydrogen-bond acceptors (Lipinski definition) is 3. The zero-order valence-corrected chi connectivity index (χ0v) is 11.1. The molecule has 1 aliphatic heterocycles. The fourth-order valence-electron chi connectivity index (χ4n) is 1.89. The summed E-state index contributed by atoms with van der Waals surface area (Å²) in [7, 11) is 0. The average Bonchev–Trinajstić information content (AvgIpc) is 2.23. The van der Waals surface area contributed by atoms with Gasteiger partial charge < -0.3 is 15.4 Å². The molecule has 0 saturated carbocycles. The van der Waals surface area contributed by atoms with Crippen molar-refractivity contribution in [3.05, 3.63) is 24.3 Å². The van der Waals surface area contributed by atoms with Crippen LogP contribution in [0.3, 0.4) is 0 Å². The minimum Gasteiger partial charge on any atom is -0.487 e. The predicted molar refractivity (Wildman–Crippen MR) is 71.3 cm³/mol. The lowest BCUT2D eigenvalue weighted by Crippen LogP contribution is -2.58. The Kier molecular flexibility index (Phi) is 3.20. The number of nitrogen functional groups attached to an aromatic ring is 1. The monoisotopic (exact) mass is 248 g/mol. The van der Waals surface area contributed by atoms with Gasteiger partial charge in [-0.05, 0) is 24.3 Å². The van der Waals surface area contributed by atoms with Gasteiger partial charge in [-0.1, -0.05) is 20.8 Å². The smallest absolute Gasteiger partial charge is 0.228 e. The van der Waals surface area contributed by atoms with E-state index in [2.05, 4.69) is 0 Å². The summed E-state index contributed by atoms with van der Waals surface area (Å²) in [5.74, 6) is 0.983. The van der Waals surface area contributed by atoms with Gasteiger partial charge in [-0.3, -0.25) is 4.79 Å². The first-order valence-electron chi connectivity index (χ1n) is 6.18. The number of nitrogens with two attached hydrogens (primary N) is 1. The summed E-state index contributed by atoms with van der Waals surface area (Å²) < 4.78 is 5.75. The molecule has 0 spiro atoms. The summed E-state index contributed by atoms with van der Waals surface area (Å²) in [5, 5.41) is 0. The van der Waals surface area contributed by atoms with E-state index in [0.29, 0.717) is 13.1 Å². The van der Waals surface area contributed by atoms with E-state index >= 15 is 0 Å². The molecule has 1 aromatic rings. The largest absolute Gasteiger partial charge is 0.487 e. The first-order chi connectivity index (χ1) is 8.36. The Hall–Kier alpha value is -1.71. The van der Waals surface area contributed by atoms with E-state index in [0.717, 1.165) is 11.4 Å². The molecule has 0 unspecified atom stereocenters. The molecule has 1 heterocycles. The molecule has 4 heteroatoms. The van der Waals surface area contributed by atoms with Gasteiger partial charge in [0.1, 0.15) is 11.9 Å². The minimum atomic E-state index is -0.313. The van der Waals surface area contributed by atoms with Crippen molar-refractivity contribution in [3.63, 3.8) is 0 Å². The quantitative estimate of drug-likeness (QED) is 0.813. The number of hydrogen-bond donors (Lipinski definition) is 1. The van der Waals surface area contributed by atoms with E-state index in [1.165, 1.54) is 0 Å². The molecule has 0 atom stereocenters. The third-order valence-corrected chi connectivity index (χ3v) is 2.96. The number of benzene rings is 1. The third kappa shape index (κ3) is 2.75. The van der Waals surface area contributed by atoms with Crippen molar-refractivity contribution in [2.45, 2.75) is 26.9 Å². The van der Waals surface area contributed by atoms with Crippen LogP contribution in [0.15, 0.2) is 24.3 Å². The summed E-state index contributed by atoms with van der Waals surface area (Å²) in [4.78, 5) is 13.8. The van der Waals surface area contributed by atoms with Crippen LogP contribution in [0.25, 0.3) is 0 Å². The van der Waals surface area contributed by atoms with Gasteiger partial charge in [0.15, 0.2) is 0 Å². The second-order valence-electron chi connectivity index (χ2n) is 5.77. The summed E-state index contributed by atoms with van der Waals surface area (Å²) in [6, 6.07) is 7.32. The molecule has 1 saturated heterocycles. The highest BCUT2D eigenvalue weighted by atomic mass is 16.5. The summed E-state index contributed by atoms with van der Waals surface area (Å²) in [6.07, 6.45) is 0.0972.